The van der Waals surface area contributed by atoms with Crippen LogP contribution in [0.2, 0.25) is 0 Å². The van der Waals surface area contributed by atoms with E-state index in [9.17, 15) is 0 Å². The van der Waals surface area contributed by atoms with Gasteiger partial charge in [-0.25, -0.2) is 0 Å². The summed E-state index contributed by atoms with van der Waals surface area (Å²) < 4.78 is 0. The maximum absolute atomic E-state index is 2.32. The highest BCUT2D eigenvalue weighted by Gasteiger charge is 2.16. The van der Waals surface area contributed by atoms with Gasteiger partial charge in [-0.05, 0) is 11.8 Å². The van der Waals surface area contributed by atoms with Crippen molar-refractivity contribution in [1.29, 1.82) is 0 Å². The summed E-state index contributed by atoms with van der Waals surface area (Å²) >= 11 is 0. The van der Waals surface area contributed by atoms with E-state index in [1.807, 2.05) is 0 Å². The maximum atomic E-state index is 2.32. The molecule has 0 radical (unpaired) electrons. The van der Waals surface area contributed by atoms with Crippen LogP contribution in [0.1, 0.15) is 73.6 Å². The summed E-state index contributed by atoms with van der Waals surface area (Å²) in [5, 5.41) is 0. The molecule has 0 aliphatic heterocycles. The van der Waals surface area contributed by atoms with Gasteiger partial charge in [0.25, 0.3) is 0 Å². The minimum atomic E-state index is 0. The first kappa shape index (κ1) is 15.5. The topological polar surface area (TPSA) is 0 Å². The Morgan fingerprint density at radius 3 is 1.85 bits per heavy atom. The van der Waals surface area contributed by atoms with Crippen LogP contribution >= 0.6 is 0 Å². The van der Waals surface area contributed by atoms with Gasteiger partial charge < -0.3 is 0 Å². The van der Waals surface area contributed by atoms with Gasteiger partial charge in [0, 0.05) is 0 Å². The summed E-state index contributed by atoms with van der Waals surface area (Å²) in [6.45, 7) is 8.89. The molecular weight excluding hydrogens is 156 g/mol. The van der Waals surface area contributed by atoms with Crippen molar-refractivity contribution in [3.63, 3.8) is 0 Å². The standard InChI is InChI=1S/C9H18.C3H8.CH4/c1-8(2)6-7-9-4-3-5-9;1-3-2;/h8-9H,3-7H2,1-2H3;3H2,1-2H3;1H4. The van der Waals surface area contributed by atoms with Gasteiger partial charge in [-0.1, -0.05) is 73.6 Å². The van der Waals surface area contributed by atoms with Crippen LogP contribution < -0.4 is 0 Å². The predicted molar refractivity (Wildman–Crippen MR) is 64.1 cm³/mol. The summed E-state index contributed by atoms with van der Waals surface area (Å²) in [5.74, 6) is 2.04. The van der Waals surface area contributed by atoms with E-state index in [0.717, 1.165) is 11.8 Å². The van der Waals surface area contributed by atoms with Crippen LogP contribution in [0.4, 0.5) is 0 Å². The molecule has 0 saturated heterocycles. The van der Waals surface area contributed by atoms with Crippen molar-refractivity contribution in [2.24, 2.45) is 11.8 Å². The summed E-state index contributed by atoms with van der Waals surface area (Å²) in [5.41, 5.74) is 0. The second-order valence-corrected chi connectivity index (χ2v) is 4.48. The Labute approximate surface area is 86.1 Å². The molecule has 0 aromatic rings. The molecule has 0 spiro atoms. The molecule has 0 aromatic carbocycles. The molecular formula is C13H30. The lowest BCUT2D eigenvalue weighted by molar-refractivity contribution is 0.277. The third kappa shape index (κ3) is 9.92. The average molecular weight is 186 g/mol. The van der Waals surface area contributed by atoms with Crippen LogP contribution in [0.15, 0.2) is 0 Å². The minimum Gasteiger partial charge on any atom is -0.0776 e. The van der Waals surface area contributed by atoms with Crippen molar-refractivity contribution < 1.29 is 0 Å². The molecule has 1 rings (SSSR count). The molecule has 0 atom stereocenters. The smallest absolute Gasteiger partial charge is 0.0414 e. The molecule has 0 aromatic heterocycles. The fourth-order valence-corrected chi connectivity index (χ4v) is 1.35. The number of rotatable bonds is 3. The molecule has 1 aliphatic carbocycles. The van der Waals surface area contributed by atoms with E-state index in [1.165, 1.54) is 38.5 Å². The zero-order valence-corrected chi connectivity index (χ0v) is 9.40. The second-order valence-electron chi connectivity index (χ2n) is 4.48. The van der Waals surface area contributed by atoms with Gasteiger partial charge in [-0.15, -0.1) is 0 Å². The first-order valence-electron chi connectivity index (χ1n) is 5.70. The molecule has 1 aliphatic rings. The molecule has 0 unspecified atom stereocenters. The van der Waals surface area contributed by atoms with E-state index >= 15 is 0 Å². The number of hydrogen-bond donors (Lipinski definition) is 0. The third-order valence-electron chi connectivity index (χ3n) is 2.38. The molecule has 0 heteroatoms. The van der Waals surface area contributed by atoms with Crippen LogP contribution in [0.3, 0.4) is 0 Å². The quantitative estimate of drug-likeness (QED) is 0.563. The molecule has 0 N–H and O–H groups in total. The third-order valence-corrected chi connectivity index (χ3v) is 2.38. The molecule has 13 heavy (non-hydrogen) atoms. The minimum absolute atomic E-state index is 0. The average Bonchev–Trinajstić information content (AvgIpc) is 1.84. The van der Waals surface area contributed by atoms with E-state index < -0.39 is 0 Å². The molecule has 0 nitrogen and oxygen atoms in total. The van der Waals surface area contributed by atoms with Crippen LogP contribution in [-0.2, 0) is 0 Å². The van der Waals surface area contributed by atoms with Crippen LogP contribution in [0.25, 0.3) is 0 Å². The van der Waals surface area contributed by atoms with Gasteiger partial charge in [0.15, 0.2) is 0 Å². The summed E-state index contributed by atoms with van der Waals surface area (Å²) in [6, 6.07) is 0. The van der Waals surface area contributed by atoms with Crippen molar-refractivity contribution in [3.8, 4) is 0 Å². The van der Waals surface area contributed by atoms with E-state index in [4.69, 9.17) is 0 Å². The van der Waals surface area contributed by atoms with Gasteiger partial charge in [0.05, 0.1) is 0 Å². The Bertz CT molecular complexity index is 80.0. The van der Waals surface area contributed by atoms with Gasteiger partial charge in [-0.2, -0.15) is 0 Å². The van der Waals surface area contributed by atoms with E-state index in [1.54, 1.807) is 0 Å². The number of hydrogen-bond acceptors (Lipinski definition) is 0. The molecule has 0 amide bonds. The first-order valence-corrected chi connectivity index (χ1v) is 5.70. The van der Waals surface area contributed by atoms with Crippen molar-refractivity contribution >= 4 is 0 Å². The highest BCUT2D eigenvalue weighted by atomic mass is 14.2. The summed E-state index contributed by atoms with van der Waals surface area (Å²) in [7, 11) is 0. The lowest BCUT2D eigenvalue weighted by Gasteiger charge is -2.25. The van der Waals surface area contributed by atoms with Crippen LogP contribution in [0.5, 0.6) is 0 Å². The second kappa shape index (κ2) is 10.1. The Hall–Kier alpha value is 0. The lowest BCUT2D eigenvalue weighted by atomic mass is 9.81. The van der Waals surface area contributed by atoms with Gasteiger partial charge in [0.2, 0.25) is 0 Å². The van der Waals surface area contributed by atoms with Crippen molar-refractivity contribution in [2.75, 3.05) is 0 Å². The van der Waals surface area contributed by atoms with E-state index in [2.05, 4.69) is 27.7 Å². The van der Waals surface area contributed by atoms with Crippen molar-refractivity contribution in [2.45, 2.75) is 73.6 Å². The van der Waals surface area contributed by atoms with Crippen LogP contribution in [0, 0.1) is 11.8 Å². The monoisotopic (exact) mass is 186 g/mol. The zero-order valence-electron chi connectivity index (χ0n) is 9.40. The van der Waals surface area contributed by atoms with E-state index in [0.29, 0.717) is 0 Å². The van der Waals surface area contributed by atoms with Crippen LogP contribution in [-0.4, -0.2) is 0 Å². The predicted octanol–water partition coefficient (Wildman–Crippen LogP) is 5.28. The van der Waals surface area contributed by atoms with Gasteiger partial charge in [0.1, 0.15) is 0 Å². The highest BCUT2D eigenvalue weighted by Crippen LogP contribution is 2.31. The molecule has 0 bridgehead atoms. The molecule has 82 valence electrons. The maximum Gasteiger partial charge on any atom is -0.0414 e. The van der Waals surface area contributed by atoms with Crippen molar-refractivity contribution in [3.05, 3.63) is 0 Å². The largest absolute Gasteiger partial charge is 0.0776 e. The summed E-state index contributed by atoms with van der Waals surface area (Å²) in [4.78, 5) is 0. The highest BCUT2D eigenvalue weighted by molar-refractivity contribution is 4.69. The molecule has 1 fully saturated rings. The SMILES string of the molecule is C.CC(C)CCC1CCC1.CCC. The Balaban J connectivity index is 0. The Kier molecular flexibility index (Phi) is 12.0. The molecule has 1 saturated carbocycles. The first-order chi connectivity index (χ1) is 5.70. The van der Waals surface area contributed by atoms with Gasteiger partial charge >= 0.3 is 0 Å². The Morgan fingerprint density at radius 1 is 1.15 bits per heavy atom. The van der Waals surface area contributed by atoms with E-state index in [-0.39, 0.29) is 7.43 Å². The fraction of sp³-hybridized carbons (Fsp3) is 1.00. The normalized spacial score (nSPS) is 15.5. The Morgan fingerprint density at radius 2 is 1.62 bits per heavy atom. The molecule has 0 heterocycles. The van der Waals surface area contributed by atoms with Gasteiger partial charge in [-0.3, -0.25) is 0 Å². The lowest BCUT2D eigenvalue weighted by Crippen LogP contribution is -2.11. The fourth-order valence-electron chi connectivity index (χ4n) is 1.35. The zero-order chi connectivity index (χ0) is 9.40. The van der Waals surface area contributed by atoms with Crippen molar-refractivity contribution in [1.82, 2.24) is 0 Å². The summed E-state index contributed by atoms with van der Waals surface area (Å²) in [6.07, 6.45) is 8.74.